The van der Waals surface area contributed by atoms with Crippen molar-refractivity contribution in [2.45, 2.75) is 32.7 Å². The Labute approximate surface area is 130 Å². The molecule has 2 heterocycles. The number of likely N-dealkylation sites (tertiary alicyclic amines) is 1. The summed E-state index contributed by atoms with van der Waals surface area (Å²) in [4.78, 5) is 22.3. The van der Waals surface area contributed by atoms with Crippen LogP contribution >= 0.6 is 0 Å². The Kier molecular flexibility index (Phi) is 4.43. The number of aromatic amines is 1. The van der Waals surface area contributed by atoms with Crippen molar-refractivity contribution in [3.63, 3.8) is 0 Å². The highest BCUT2D eigenvalue weighted by molar-refractivity contribution is 5.74. The van der Waals surface area contributed by atoms with E-state index in [1.807, 2.05) is 31.2 Å². The largest absolute Gasteiger partial charge is 0.466 e. The number of carbonyl (C=O) groups is 1. The lowest BCUT2D eigenvalue weighted by Crippen LogP contribution is -2.38. The molecular formula is C17H23N3O2. The number of aromatic nitrogens is 2. The second-order valence-corrected chi connectivity index (χ2v) is 5.88. The molecule has 2 aromatic rings. The molecular weight excluding hydrogens is 278 g/mol. The van der Waals surface area contributed by atoms with E-state index in [1.54, 1.807) is 0 Å². The molecule has 1 unspecified atom stereocenters. The molecule has 0 radical (unpaired) electrons. The van der Waals surface area contributed by atoms with E-state index < -0.39 is 0 Å². The van der Waals surface area contributed by atoms with Crippen LogP contribution in [0, 0.1) is 5.92 Å². The quantitative estimate of drug-likeness (QED) is 0.882. The molecule has 0 amide bonds. The number of ether oxygens (including phenoxy) is 1. The van der Waals surface area contributed by atoms with E-state index in [2.05, 4.69) is 21.8 Å². The van der Waals surface area contributed by atoms with E-state index in [-0.39, 0.29) is 17.9 Å². The first-order valence-electron chi connectivity index (χ1n) is 8.04. The number of nitrogens with one attached hydrogen (secondary N) is 1. The molecule has 1 atom stereocenters. The van der Waals surface area contributed by atoms with Gasteiger partial charge in [-0.25, -0.2) is 4.98 Å². The van der Waals surface area contributed by atoms with Crippen molar-refractivity contribution in [3.05, 3.63) is 30.1 Å². The fraction of sp³-hybridized carbons (Fsp3) is 0.529. The SMILES string of the molecule is CCOC(=O)C1CCN(C(C)c2nc3ccccc3[nH]2)CC1. The summed E-state index contributed by atoms with van der Waals surface area (Å²) in [6, 6.07) is 8.32. The van der Waals surface area contributed by atoms with Crippen molar-refractivity contribution in [1.82, 2.24) is 14.9 Å². The molecule has 0 bridgehead atoms. The van der Waals surface area contributed by atoms with Gasteiger partial charge in [-0.05, 0) is 51.9 Å². The third-order valence-electron chi connectivity index (χ3n) is 4.50. The summed E-state index contributed by atoms with van der Waals surface area (Å²) >= 11 is 0. The third-order valence-corrected chi connectivity index (χ3v) is 4.50. The van der Waals surface area contributed by atoms with Gasteiger partial charge in [0, 0.05) is 0 Å². The zero-order chi connectivity index (χ0) is 15.5. The van der Waals surface area contributed by atoms with Crippen molar-refractivity contribution >= 4 is 17.0 Å². The molecule has 0 aliphatic carbocycles. The molecule has 1 aliphatic heterocycles. The van der Waals surface area contributed by atoms with Crippen molar-refractivity contribution in [3.8, 4) is 0 Å². The molecule has 1 aromatic carbocycles. The van der Waals surface area contributed by atoms with Gasteiger partial charge in [-0.1, -0.05) is 12.1 Å². The van der Waals surface area contributed by atoms with Crippen LogP contribution in [-0.4, -0.2) is 40.5 Å². The number of fused-ring (bicyclic) bond motifs is 1. The average molecular weight is 301 g/mol. The Balaban J connectivity index is 1.64. The molecule has 1 saturated heterocycles. The van der Waals surface area contributed by atoms with E-state index in [9.17, 15) is 4.79 Å². The lowest BCUT2D eigenvalue weighted by molar-refractivity contribution is -0.149. The summed E-state index contributed by atoms with van der Waals surface area (Å²) in [5, 5.41) is 0. The maximum absolute atomic E-state index is 11.8. The van der Waals surface area contributed by atoms with Crippen LogP contribution in [0.1, 0.15) is 38.6 Å². The van der Waals surface area contributed by atoms with Crippen LogP contribution in [0.25, 0.3) is 11.0 Å². The smallest absolute Gasteiger partial charge is 0.309 e. The molecule has 1 aliphatic rings. The first-order valence-corrected chi connectivity index (χ1v) is 8.04. The molecule has 5 heteroatoms. The summed E-state index contributed by atoms with van der Waals surface area (Å²) in [6.45, 7) is 6.30. The van der Waals surface area contributed by atoms with Gasteiger partial charge in [-0.3, -0.25) is 9.69 Å². The summed E-state index contributed by atoms with van der Waals surface area (Å²) in [6.07, 6.45) is 1.73. The minimum atomic E-state index is -0.0430. The highest BCUT2D eigenvalue weighted by Crippen LogP contribution is 2.27. The van der Waals surface area contributed by atoms with Crippen molar-refractivity contribution in [2.24, 2.45) is 5.92 Å². The number of H-pyrrole nitrogens is 1. The van der Waals surface area contributed by atoms with Gasteiger partial charge in [-0.2, -0.15) is 0 Å². The number of carbonyl (C=O) groups excluding carboxylic acids is 1. The molecule has 0 spiro atoms. The normalized spacial score (nSPS) is 18.5. The molecule has 1 N–H and O–H groups in total. The molecule has 0 saturated carbocycles. The second kappa shape index (κ2) is 6.48. The number of benzene rings is 1. The van der Waals surface area contributed by atoms with Crippen LogP contribution in [0.3, 0.4) is 0 Å². The van der Waals surface area contributed by atoms with Crippen molar-refractivity contribution < 1.29 is 9.53 Å². The number of para-hydroxylation sites is 2. The first-order chi connectivity index (χ1) is 10.7. The second-order valence-electron chi connectivity index (χ2n) is 5.88. The third kappa shape index (κ3) is 2.99. The van der Waals surface area contributed by atoms with Gasteiger partial charge in [-0.15, -0.1) is 0 Å². The number of esters is 1. The molecule has 1 aromatic heterocycles. The van der Waals surface area contributed by atoms with E-state index >= 15 is 0 Å². The van der Waals surface area contributed by atoms with Gasteiger partial charge >= 0.3 is 5.97 Å². The van der Waals surface area contributed by atoms with E-state index in [0.717, 1.165) is 42.8 Å². The highest BCUT2D eigenvalue weighted by Gasteiger charge is 2.29. The zero-order valence-corrected chi connectivity index (χ0v) is 13.2. The number of hydrogen-bond donors (Lipinski definition) is 1. The minimum absolute atomic E-state index is 0.0430. The fourth-order valence-corrected chi connectivity index (χ4v) is 3.13. The monoisotopic (exact) mass is 301 g/mol. The Morgan fingerprint density at radius 3 is 2.82 bits per heavy atom. The van der Waals surface area contributed by atoms with Gasteiger partial charge in [0.1, 0.15) is 5.82 Å². The average Bonchev–Trinajstić information content (AvgIpc) is 2.98. The predicted octanol–water partition coefficient (Wildman–Crippen LogP) is 2.90. The molecule has 22 heavy (non-hydrogen) atoms. The molecule has 118 valence electrons. The maximum Gasteiger partial charge on any atom is 0.309 e. The molecule has 3 rings (SSSR count). The predicted molar refractivity (Wildman–Crippen MR) is 85.4 cm³/mol. The van der Waals surface area contributed by atoms with E-state index in [4.69, 9.17) is 4.74 Å². The van der Waals surface area contributed by atoms with Gasteiger partial charge in [0.2, 0.25) is 0 Å². The zero-order valence-electron chi connectivity index (χ0n) is 13.2. The van der Waals surface area contributed by atoms with Gasteiger partial charge in [0.25, 0.3) is 0 Å². The summed E-state index contributed by atoms with van der Waals surface area (Å²) < 4.78 is 5.13. The van der Waals surface area contributed by atoms with Crippen LogP contribution in [0.2, 0.25) is 0 Å². The van der Waals surface area contributed by atoms with Gasteiger partial charge < -0.3 is 9.72 Å². The van der Waals surface area contributed by atoms with Crippen LogP contribution in [0.15, 0.2) is 24.3 Å². The fourth-order valence-electron chi connectivity index (χ4n) is 3.13. The standard InChI is InChI=1S/C17H23N3O2/c1-3-22-17(21)13-8-10-20(11-9-13)12(2)16-18-14-6-4-5-7-15(14)19-16/h4-7,12-13H,3,8-11H2,1-2H3,(H,18,19). The topological polar surface area (TPSA) is 58.2 Å². The Morgan fingerprint density at radius 1 is 1.41 bits per heavy atom. The van der Waals surface area contributed by atoms with Crippen molar-refractivity contribution in [1.29, 1.82) is 0 Å². The number of imidazole rings is 1. The number of rotatable bonds is 4. The van der Waals surface area contributed by atoms with Crippen molar-refractivity contribution in [2.75, 3.05) is 19.7 Å². The number of piperidine rings is 1. The Morgan fingerprint density at radius 2 is 2.14 bits per heavy atom. The van der Waals surface area contributed by atoms with Gasteiger partial charge in [0.05, 0.1) is 29.6 Å². The van der Waals surface area contributed by atoms with Gasteiger partial charge in [0.15, 0.2) is 0 Å². The van der Waals surface area contributed by atoms with Crippen LogP contribution in [0.5, 0.6) is 0 Å². The molecule has 1 fully saturated rings. The maximum atomic E-state index is 11.8. The Hall–Kier alpha value is -1.88. The molecule has 5 nitrogen and oxygen atoms in total. The first kappa shape index (κ1) is 15.0. The summed E-state index contributed by atoms with van der Waals surface area (Å²) in [5.41, 5.74) is 2.08. The number of hydrogen-bond acceptors (Lipinski definition) is 4. The lowest BCUT2D eigenvalue weighted by Gasteiger charge is -2.34. The minimum Gasteiger partial charge on any atom is -0.466 e. The lowest BCUT2D eigenvalue weighted by atomic mass is 9.96. The summed E-state index contributed by atoms with van der Waals surface area (Å²) in [5.74, 6) is 1.01. The van der Waals surface area contributed by atoms with Crippen LogP contribution in [0.4, 0.5) is 0 Å². The van der Waals surface area contributed by atoms with E-state index in [1.165, 1.54) is 0 Å². The van der Waals surface area contributed by atoms with Crippen LogP contribution in [-0.2, 0) is 9.53 Å². The van der Waals surface area contributed by atoms with Crippen LogP contribution < -0.4 is 0 Å². The summed E-state index contributed by atoms with van der Waals surface area (Å²) in [7, 11) is 0. The Bertz CT molecular complexity index is 611. The number of nitrogens with zero attached hydrogens (tertiary/aromatic N) is 2. The highest BCUT2D eigenvalue weighted by atomic mass is 16.5. The van der Waals surface area contributed by atoms with E-state index in [0.29, 0.717) is 6.61 Å².